The maximum absolute atomic E-state index is 13.3. The standard InChI is InChI=1S/C14H10Cl3FN2S/c1-7-4-13(11(17)6-12(7)18)20-14(21)19-8-2-3-9(15)10(16)5-8/h2-6H,1H3,(H2,19,20,21). The van der Waals surface area contributed by atoms with Crippen LogP contribution in [0.15, 0.2) is 30.3 Å². The SMILES string of the molecule is Cc1cc(NC(=S)Nc2ccc(Cl)c(Cl)c2)c(Cl)cc1F. The Morgan fingerprint density at radius 1 is 1.00 bits per heavy atom. The Morgan fingerprint density at radius 3 is 2.38 bits per heavy atom. The van der Waals surface area contributed by atoms with Crippen LogP contribution in [0.4, 0.5) is 15.8 Å². The third kappa shape index (κ3) is 4.20. The van der Waals surface area contributed by atoms with Crippen LogP contribution in [0, 0.1) is 12.7 Å². The van der Waals surface area contributed by atoms with E-state index in [1.807, 2.05) is 0 Å². The molecule has 0 fully saturated rings. The van der Waals surface area contributed by atoms with Crippen LogP contribution in [0.3, 0.4) is 0 Å². The van der Waals surface area contributed by atoms with E-state index in [0.29, 0.717) is 32.1 Å². The van der Waals surface area contributed by atoms with Gasteiger partial charge in [-0.15, -0.1) is 0 Å². The van der Waals surface area contributed by atoms with E-state index in [4.69, 9.17) is 47.0 Å². The molecule has 2 aromatic rings. The van der Waals surface area contributed by atoms with Gasteiger partial charge in [0.25, 0.3) is 0 Å². The average Bonchev–Trinajstić information content (AvgIpc) is 2.40. The summed E-state index contributed by atoms with van der Waals surface area (Å²) in [6.45, 7) is 1.65. The molecular formula is C14H10Cl3FN2S. The highest BCUT2D eigenvalue weighted by Gasteiger charge is 2.08. The van der Waals surface area contributed by atoms with Gasteiger partial charge in [-0.2, -0.15) is 0 Å². The number of hydrogen-bond acceptors (Lipinski definition) is 1. The minimum Gasteiger partial charge on any atom is -0.332 e. The van der Waals surface area contributed by atoms with Crippen molar-refractivity contribution in [2.24, 2.45) is 0 Å². The van der Waals surface area contributed by atoms with E-state index in [0.717, 1.165) is 0 Å². The summed E-state index contributed by atoms with van der Waals surface area (Å²) in [4.78, 5) is 0. The summed E-state index contributed by atoms with van der Waals surface area (Å²) in [6.07, 6.45) is 0. The van der Waals surface area contributed by atoms with E-state index in [-0.39, 0.29) is 10.8 Å². The summed E-state index contributed by atoms with van der Waals surface area (Å²) in [5, 5.41) is 7.28. The zero-order chi connectivity index (χ0) is 15.6. The summed E-state index contributed by atoms with van der Waals surface area (Å²) in [6, 6.07) is 7.86. The third-order valence-corrected chi connectivity index (χ3v) is 3.93. The first-order valence-corrected chi connectivity index (χ1v) is 7.39. The predicted molar refractivity (Wildman–Crippen MR) is 92.5 cm³/mol. The normalized spacial score (nSPS) is 10.3. The molecule has 0 radical (unpaired) electrons. The van der Waals surface area contributed by atoms with Crippen molar-refractivity contribution in [3.05, 3.63) is 56.8 Å². The molecule has 0 saturated heterocycles. The topological polar surface area (TPSA) is 24.1 Å². The second-order valence-electron chi connectivity index (χ2n) is 4.29. The molecule has 2 N–H and O–H groups in total. The average molecular weight is 364 g/mol. The van der Waals surface area contributed by atoms with Gasteiger partial charge in [-0.25, -0.2) is 4.39 Å². The lowest BCUT2D eigenvalue weighted by Gasteiger charge is -2.13. The van der Waals surface area contributed by atoms with Gasteiger partial charge in [0.1, 0.15) is 5.82 Å². The van der Waals surface area contributed by atoms with Crippen molar-refractivity contribution < 1.29 is 4.39 Å². The molecule has 0 atom stereocenters. The fourth-order valence-electron chi connectivity index (χ4n) is 1.61. The fourth-order valence-corrected chi connectivity index (χ4v) is 2.34. The van der Waals surface area contributed by atoms with E-state index < -0.39 is 0 Å². The number of thiocarbonyl (C=S) groups is 1. The highest BCUT2D eigenvalue weighted by Crippen LogP contribution is 2.27. The van der Waals surface area contributed by atoms with Crippen molar-refractivity contribution in [1.29, 1.82) is 0 Å². The molecular weight excluding hydrogens is 354 g/mol. The second-order valence-corrected chi connectivity index (χ2v) is 5.92. The molecule has 0 spiro atoms. The first kappa shape index (κ1) is 16.3. The van der Waals surface area contributed by atoms with E-state index in [1.165, 1.54) is 6.07 Å². The summed E-state index contributed by atoms with van der Waals surface area (Å²) < 4.78 is 13.3. The molecule has 2 aromatic carbocycles. The van der Waals surface area contributed by atoms with Gasteiger partial charge in [-0.1, -0.05) is 34.8 Å². The molecule has 21 heavy (non-hydrogen) atoms. The van der Waals surface area contributed by atoms with Crippen LogP contribution >= 0.6 is 47.0 Å². The molecule has 0 saturated carbocycles. The van der Waals surface area contributed by atoms with E-state index in [9.17, 15) is 4.39 Å². The Kier molecular flexibility index (Phi) is 5.27. The lowest BCUT2D eigenvalue weighted by Crippen LogP contribution is -2.19. The molecule has 0 bridgehead atoms. The molecule has 0 aliphatic heterocycles. The Hall–Kier alpha value is -1.07. The Bertz CT molecular complexity index is 707. The predicted octanol–water partition coefficient (Wildman–Crippen LogP) is 5.90. The van der Waals surface area contributed by atoms with E-state index in [1.54, 1.807) is 31.2 Å². The number of hydrogen-bond donors (Lipinski definition) is 2. The number of rotatable bonds is 2. The van der Waals surface area contributed by atoms with Crippen LogP contribution in [-0.2, 0) is 0 Å². The van der Waals surface area contributed by atoms with Crippen molar-refractivity contribution in [3.63, 3.8) is 0 Å². The summed E-state index contributed by atoms with van der Waals surface area (Å²) in [5.74, 6) is -0.367. The van der Waals surface area contributed by atoms with Crippen LogP contribution < -0.4 is 10.6 Å². The van der Waals surface area contributed by atoms with E-state index in [2.05, 4.69) is 10.6 Å². The van der Waals surface area contributed by atoms with Crippen LogP contribution in [0.25, 0.3) is 0 Å². The van der Waals surface area contributed by atoms with Gasteiger partial charge < -0.3 is 10.6 Å². The maximum atomic E-state index is 13.3. The first-order valence-electron chi connectivity index (χ1n) is 5.85. The summed E-state index contributed by atoms with van der Waals surface area (Å²) >= 11 is 22.9. The van der Waals surface area contributed by atoms with Gasteiger partial charge in [0.2, 0.25) is 0 Å². The molecule has 0 aliphatic carbocycles. The number of nitrogens with one attached hydrogen (secondary N) is 2. The molecule has 0 heterocycles. The molecule has 0 aromatic heterocycles. The minimum absolute atomic E-state index is 0.247. The Labute approximate surface area is 142 Å². The van der Waals surface area contributed by atoms with Crippen molar-refractivity contribution in [2.75, 3.05) is 10.6 Å². The molecule has 2 nitrogen and oxygen atoms in total. The zero-order valence-corrected chi connectivity index (χ0v) is 13.9. The van der Waals surface area contributed by atoms with Gasteiger partial charge >= 0.3 is 0 Å². The Balaban J connectivity index is 2.11. The number of anilines is 2. The fraction of sp³-hybridized carbons (Fsp3) is 0.0714. The largest absolute Gasteiger partial charge is 0.332 e. The Morgan fingerprint density at radius 2 is 1.71 bits per heavy atom. The van der Waals surface area contributed by atoms with Gasteiger partial charge in [-0.3, -0.25) is 0 Å². The lowest BCUT2D eigenvalue weighted by atomic mass is 10.2. The van der Waals surface area contributed by atoms with Crippen LogP contribution in [0.2, 0.25) is 15.1 Å². The molecule has 7 heteroatoms. The second kappa shape index (κ2) is 6.79. The van der Waals surface area contributed by atoms with Crippen LogP contribution in [0.1, 0.15) is 5.56 Å². The third-order valence-electron chi connectivity index (χ3n) is 2.67. The number of benzene rings is 2. The van der Waals surface area contributed by atoms with Crippen molar-refractivity contribution in [3.8, 4) is 0 Å². The van der Waals surface area contributed by atoms with Crippen molar-refractivity contribution in [1.82, 2.24) is 0 Å². The highest BCUT2D eigenvalue weighted by molar-refractivity contribution is 7.80. The first-order chi connectivity index (χ1) is 9.86. The zero-order valence-electron chi connectivity index (χ0n) is 10.8. The quantitative estimate of drug-likeness (QED) is 0.649. The summed E-state index contributed by atoms with van der Waals surface area (Å²) in [5.41, 5.74) is 1.67. The number of aryl methyl sites for hydroxylation is 1. The van der Waals surface area contributed by atoms with Crippen LogP contribution in [-0.4, -0.2) is 5.11 Å². The van der Waals surface area contributed by atoms with E-state index >= 15 is 0 Å². The van der Waals surface area contributed by atoms with Crippen molar-refractivity contribution in [2.45, 2.75) is 6.92 Å². The minimum atomic E-state index is -0.367. The van der Waals surface area contributed by atoms with Crippen molar-refractivity contribution >= 4 is 63.5 Å². The monoisotopic (exact) mass is 362 g/mol. The van der Waals surface area contributed by atoms with Crippen LogP contribution in [0.5, 0.6) is 0 Å². The van der Waals surface area contributed by atoms with Gasteiger partial charge in [0.05, 0.1) is 20.8 Å². The molecule has 0 unspecified atom stereocenters. The number of halogens is 4. The van der Waals surface area contributed by atoms with Gasteiger partial charge in [0.15, 0.2) is 5.11 Å². The molecule has 0 aliphatic rings. The molecule has 110 valence electrons. The smallest absolute Gasteiger partial charge is 0.175 e. The maximum Gasteiger partial charge on any atom is 0.175 e. The molecule has 2 rings (SSSR count). The molecule has 0 amide bonds. The van der Waals surface area contributed by atoms with Gasteiger partial charge in [-0.05, 0) is 55.0 Å². The highest BCUT2D eigenvalue weighted by atomic mass is 35.5. The van der Waals surface area contributed by atoms with Gasteiger partial charge in [0, 0.05) is 5.69 Å². The lowest BCUT2D eigenvalue weighted by molar-refractivity contribution is 0.619. The summed E-state index contributed by atoms with van der Waals surface area (Å²) in [7, 11) is 0.